The van der Waals surface area contributed by atoms with Crippen LogP contribution < -0.4 is 0 Å². The number of ketones is 1. The Morgan fingerprint density at radius 3 is 2.59 bits per heavy atom. The molecule has 116 valence electrons. The number of fused-ring (bicyclic) bond motifs is 1. The number of hydrogen-bond acceptors (Lipinski definition) is 3. The molecule has 2 aliphatic rings. The Hall–Kier alpha value is -1.88. The zero-order chi connectivity index (χ0) is 16.0. The molecule has 22 heavy (non-hydrogen) atoms. The van der Waals surface area contributed by atoms with Crippen LogP contribution in [0.5, 0.6) is 0 Å². The minimum Gasteiger partial charge on any atom is -0.299 e. The van der Waals surface area contributed by atoms with Crippen LogP contribution in [0.1, 0.15) is 26.7 Å². The maximum Gasteiger partial charge on any atom is 0.264 e. The minimum absolute atomic E-state index is 0.0169. The van der Waals surface area contributed by atoms with Crippen molar-refractivity contribution in [1.29, 1.82) is 0 Å². The number of carbonyl (C=O) groups is 1. The molecule has 0 spiro atoms. The van der Waals surface area contributed by atoms with Gasteiger partial charge in [0, 0.05) is 6.20 Å². The predicted octanol–water partition coefficient (Wildman–Crippen LogP) is 2.89. The van der Waals surface area contributed by atoms with E-state index in [1.165, 1.54) is 4.31 Å². The van der Waals surface area contributed by atoms with Crippen LogP contribution in [-0.2, 0) is 14.8 Å². The number of Topliss-reactive ketones (excluding diaryl/α,β-unsaturated/α-hetero) is 1. The maximum atomic E-state index is 12.9. The van der Waals surface area contributed by atoms with Crippen molar-refractivity contribution in [2.24, 2.45) is 5.41 Å². The second kappa shape index (κ2) is 5.09. The van der Waals surface area contributed by atoms with Crippen molar-refractivity contribution in [2.45, 2.75) is 37.6 Å². The van der Waals surface area contributed by atoms with E-state index in [2.05, 4.69) is 0 Å². The highest BCUT2D eigenvalue weighted by Crippen LogP contribution is 2.46. The molecule has 0 saturated carbocycles. The monoisotopic (exact) mass is 317 g/mol. The number of nitrogens with zero attached hydrogens (tertiary/aromatic N) is 1. The number of carbonyl (C=O) groups excluding carboxylic acids is 1. The summed E-state index contributed by atoms with van der Waals surface area (Å²) in [6.45, 7) is 3.53. The third-order valence-electron chi connectivity index (χ3n) is 4.70. The zero-order valence-corrected chi connectivity index (χ0v) is 13.5. The van der Waals surface area contributed by atoms with Gasteiger partial charge in [-0.05, 0) is 38.8 Å². The quantitative estimate of drug-likeness (QED) is 0.806. The van der Waals surface area contributed by atoms with Crippen LogP contribution in [0.25, 0.3) is 0 Å². The van der Waals surface area contributed by atoms with Gasteiger partial charge in [-0.1, -0.05) is 35.9 Å². The van der Waals surface area contributed by atoms with E-state index in [0.717, 1.165) is 5.57 Å². The van der Waals surface area contributed by atoms with E-state index in [1.807, 2.05) is 13.0 Å². The van der Waals surface area contributed by atoms with Gasteiger partial charge in [0.15, 0.2) is 0 Å². The van der Waals surface area contributed by atoms with Gasteiger partial charge in [-0.3, -0.25) is 9.10 Å². The number of sulfonamides is 1. The molecule has 1 aromatic carbocycles. The first-order valence-electron chi connectivity index (χ1n) is 7.32. The molecule has 0 unspecified atom stereocenters. The first kappa shape index (κ1) is 15.0. The topological polar surface area (TPSA) is 54.5 Å². The number of hydrogen-bond donors (Lipinski definition) is 0. The van der Waals surface area contributed by atoms with Gasteiger partial charge in [0.1, 0.15) is 5.78 Å². The summed E-state index contributed by atoms with van der Waals surface area (Å²) < 4.78 is 27.2. The number of rotatable bonds is 3. The number of allylic oxidation sites excluding steroid dienone is 1. The van der Waals surface area contributed by atoms with Crippen LogP contribution in [0.2, 0.25) is 0 Å². The third kappa shape index (κ3) is 2.11. The van der Waals surface area contributed by atoms with Crippen molar-refractivity contribution in [3.63, 3.8) is 0 Å². The van der Waals surface area contributed by atoms with Gasteiger partial charge in [0.25, 0.3) is 10.0 Å². The van der Waals surface area contributed by atoms with Crippen LogP contribution in [0, 0.1) is 5.41 Å². The van der Waals surface area contributed by atoms with Gasteiger partial charge in [-0.2, -0.15) is 0 Å². The van der Waals surface area contributed by atoms with Gasteiger partial charge in [-0.15, -0.1) is 0 Å². The summed E-state index contributed by atoms with van der Waals surface area (Å²) in [5.74, 6) is 0.0169. The molecule has 0 amide bonds. The first-order chi connectivity index (χ1) is 10.4. The Balaban J connectivity index is 2.06. The molecule has 0 fully saturated rings. The summed E-state index contributed by atoms with van der Waals surface area (Å²) in [7, 11) is -3.64. The van der Waals surface area contributed by atoms with Crippen molar-refractivity contribution >= 4 is 15.8 Å². The van der Waals surface area contributed by atoms with Gasteiger partial charge < -0.3 is 0 Å². The molecule has 5 heteroatoms. The van der Waals surface area contributed by atoms with Crippen molar-refractivity contribution in [2.75, 3.05) is 0 Å². The van der Waals surface area contributed by atoms with E-state index in [9.17, 15) is 13.2 Å². The van der Waals surface area contributed by atoms with Crippen molar-refractivity contribution < 1.29 is 13.2 Å². The molecular weight excluding hydrogens is 298 g/mol. The summed E-state index contributed by atoms with van der Waals surface area (Å²) in [4.78, 5) is 12.5. The molecule has 2 atom stereocenters. The molecule has 0 saturated heterocycles. The maximum absolute atomic E-state index is 12.9. The average molecular weight is 317 g/mol. The normalized spacial score (nSPS) is 27.5. The number of benzene rings is 1. The summed E-state index contributed by atoms with van der Waals surface area (Å²) >= 11 is 0. The van der Waals surface area contributed by atoms with Crippen LogP contribution in [0.4, 0.5) is 0 Å². The van der Waals surface area contributed by atoms with Gasteiger partial charge in [0.05, 0.1) is 16.4 Å². The van der Waals surface area contributed by atoms with Crippen LogP contribution in [0.15, 0.2) is 59.2 Å². The largest absolute Gasteiger partial charge is 0.299 e. The second-order valence-corrected chi connectivity index (χ2v) is 7.88. The van der Waals surface area contributed by atoms with Gasteiger partial charge in [-0.25, -0.2) is 8.42 Å². The summed E-state index contributed by atoms with van der Waals surface area (Å²) in [5, 5.41) is 0. The van der Waals surface area contributed by atoms with E-state index >= 15 is 0 Å². The van der Waals surface area contributed by atoms with Crippen molar-refractivity contribution in [3.05, 3.63) is 54.3 Å². The van der Waals surface area contributed by atoms with E-state index in [-0.39, 0.29) is 16.7 Å². The Kier molecular flexibility index (Phi) is 3.48. The Bertz CT molecular complexity index is 764. The summed E-state index contributed by atoms with van der Waals surface area (Å²) in [6.07, 6.45) is 6.53. The molecule has 4 nitrogen and oxygen atoms in total. The summed E-state index contributed by atoms with van der Waals surface area (Å²) in [5.41, 5.74) is 0.403. The standard InChI is InChI=1S/C17H19NO3S/c1-13-8-9-17(14(2)19)10-11-18(16(17)12-13)22(20,21)15-6-4-3-5-7-15/h3-8,10-11,16H,9,12H2,1-2H3/t16-,17-/m0/s1. The Labute approximate surface area is 131 Å². The minimum atomic E-state index is -3.64. The van der Waals surface area contributed by atoms with Crippen LogP contribution >= 0.6 is 0 Å². The SMILES string of the molecule is CC(=O)[C@]12C=CN(S(=O)(=O)c3ccccc3)[C@H]1CC(C)=CC2. The second-order valence-electron chi connectivity index (χ2n) is 6.03. The van der Waals surface area contributed by atoms with Gasteiger partial charge in [0.2, 0.25) is 0 Å². The molecule has 0 N–H and O–H groups in total. The fraction of sp³-hybridized carbons (Fsp3) is 0.353. The molecule has 1 aliphatic carbocycles. The van der Waals surface area contributed by atoms with E-state index in [1.54, 1.807) is 49.5 Å². The lowest BCUT2D eigenvalue weighted by molar-refractivity contribution is -0.125. The van der Waals surface area contributed by atoms with E-state index < -0.39 is 15.4 Å². The van der Waals surface area contributed by atoms with Crippen molar-refractivity contribution in [3.8, 4) is 0 Å². The van der Waals surface area contributed by atoms with E-state index in [0.29, 0.717) is 12.8 Å². The first-order valence-corrected chi connectivity index (χ1v) is 8.76. The summed E-state index contributed by atoms with van der Waals surface area (Å²) in [6, 6.07) is 8.01. The Morgan fingerprint density at radius 2 is 1.95 bits per heavy atom. The van der Waals surface area contributed by atoms with Crippen LogP contribution in [-0.4, -0.2) is 24.5 Å². The molecule has 0 aromatic heterocycles. The average Bonchev–Trinajstić information content (AvgIpc) is 2.89. The fourth-order valence-electron chi connectivity index (χ4n) is 3.31. The predicted molar refractivity (Wildman–Crippen MR) is 84.5 cm³/mol. The lowest BCUT2D eigenvalue weighted by Crippen LogP contribution is -2.47. The molecule has 3 rings (SSSR count). The molecule has 1 aromatic rings. The fourth-order valence-corrected chi connectivity index (χ4v) is 4.88. The van der Waals surface area contributed by atoms with Crippen LogP contribution in [0.3, 0.4) is 0 Å². The lowest BCUT2D eigenvalue weighted by atomic mass is 9.70. The Morgan fingerprint density at radius 1 is 1.27 bits per heavy atom. The van der Waals surface area contributed by atoms with Crippen molar-refractivity contribution in [1.82, 2.24) is 4.31 Å². The highest BCUT2D eigenvalue weighted by molar-refractivity contribution is 7.89. The molecular formula is C17H19NO3S. The highest BCUT2D eigenvalue weighted by atomic mass is 32.2. The zero-order valence-electron chi connectivity index (χ0n) is 12.7. The third-order valence-corrected chi connectivity index (χ3v) is 6.50. The molecule has 0 radical (unpaired) electrons. The van der Waals surface area contributed by atoms with E-state index in [4.69, 9.17) is 0 Å². The smallest absolute Gasteiger partial charge is 0.264 e. The molecule has 0 bridgehead atoms. The highest BCUT2D eigenvalue weighted by Gasteiger charge is 2.51. The lowest BCUT2D eigenvalue weighted by Gasteiger charge is -2.39. The van der Waals surface area contributed by atoms with Gasteiger partial charge >= 0.3 is 0 Å². The molecule has 1 heterocycles. The molecule has 1 aliphatic heterocycles.